The van der Waals surface area contributed by atoms with Crippen LogP contribution in [0.3, 0.4) is 0 Å². The van der Waals surface area contributed by atoms with Gasteiger partial charge in [0.05, 0.1) is 11.7 Å². The van der Waals surface area contributed by atoms with Crippen molar-refractivity contribution in [2.45, 2.75) is 18.4 Å². The molecule has 1 unspecified atom stereocenters. The van der Waals surface area contributed by atoms with Gasteiger partial charge in [-0.2, -0.15) is 0 Å². The maximum atomic E-state index is 13.0. The topological polar surface area (TPSA) is 29.5 Å². The lowest BCUT2D eigenvalue weighted by molar-refractivity contribution is -0.117. The largest absolute Gasteiger partial charge is 0.455 e. The second-order valence-electron chi connectivity index (χ2n) is 6.68. The molecule has 0 aromatic heterocycles. The van der Waals surface area contributed by atoms with Crippen LogP contribution in [-0.2, 0) is 4.79 Å². The Hall–Kier alpha value is -2.59. The molecule has 3 nitrogen and oxygen atoms in total. The van der Waals surface area contributed by atoms with Crippen LogP contribution in [0, 0.1) is 0 Å². The van der Waals surface area contributed by atoms with Gasteiger partial charge in [-0.1, -0.05) is 64.5 Å². The Labute approximate surface area is 160 Å². The molecule has 1 amide bonds. The first-order valence-corrected chi connectivity index (χ1v) is 9.45. The van der Waals surface area contributed by atoms with Gasteiger partial charge < -0.3 is 9.64 Å². The van der Waals surface area contributed by atoms with Crippen molar-refractivity contribution in [3.8, 4) is 11.5 Å². The molecule has 4 heteroatoms. The van der Waals surface area contributed by atoms with E-state index >= 15 is 0 Å². The fourth-order valence-corrected chi connectivity index (χ4v) is 4.42. The molecule has 128 valence electrons. The summed E-state index contributed by atoms with van der Waals surface area (Å²) in [6.07, 6.45) is 0.499. The van der Waals surface area contributed by atoms with Gasteiger partial charge in [-0.05, 0) is 29.8 Å². The number of ether oxygens (including phenoxy) is 1. The van der Waals surface area contributed by atoms with Crippen molar-refractivity contribution in [3.05, 3.63) is 88.4 Å². The third-order valence-corrected chi connectivity index (χ3v) is 5.68. The van der Waals surface area contributed by atoms with Crippen LogP contribution >= 0.6 is 15.9 Å². The van der Waals surface area contributed by atoms with Crippen LogP contribution in [0.4, 0.5) is 5.69 Å². The second-order valence-corrected chi connectivity index (χ2v) is 7.60. The lowest BCUT2D eigenvalue weighted by Crippen LogP contribution is -2.27. The molecule has 0 spiro atoms. The molecular weight excluding hydrogens is 390 g/mol. The van der Waals surface area contributed by atoms with Gasteiger partial charge in [0.15, 0.2) is 5.75 Å². The lowest BCUT2D eigenvalue weighted by Gasteiger charge is -2.27. The van der Waals surface area contributed by atoms with Crippen LogP contribution in [0.2, 0.25) is 0 Å². The zero-order chi connectivity index (χ0) is 17.7. The number of benzene rings is 3. The standard InChI is InChI=1S/C22H16BrNO2/c23-15-10-11-16-20(12-15)26-19-9-5-4-8-18(19)24-21(25)13-17(22(16)24)14-6-2-1-3-7-14/h1-12,17,22H,13H2/t17-,22?/m1/s1. The number of rotatable bonds is 1. The Bertz CT molecular complexity index is 1000. The molecule has 5 rings (SSSR count). The van der Waals surface area contributed by atoms with Gasteiger partial charge in [-0.25, -0.2) is 0 Å². The maximum Gasteiger partial charge on any atom is 0.228 e. The number of fused-ring (bicyclic) bond motifs is 5. The Morgan fingerprint density at radius 1 is 0.923 bits per heavy atom. The summed E-state index contributed by atoms with van der Waals surface area (Å²) in [6.45, 7) is 0. The van der Waals surface area contributed by atoms with Crippen molar-refractivity contribution >= 4 is 27.5 Å². The number of hydrogen-bond donors (Lipinski definition) is 0. The minimum absolute atomic E-state index is 0.0725. The predicted molar refractivity (Wildman–Crippen MR) is 105 cm³/mol. The highest BCUT2D eigenvalue weighted by Crippen LogP contribution is 2.54. The van der Waals surface area contributed by atoms with Crippen molar-refractivity contribution in [1.29, 1.82) is 0 Å². The Kier molecular flexibility index (Phi) is 3.61. The fourth-order valence-electron chi connectivity index (χ4n) is 4.08. The highest BCUT2D eigenvalue weighted by Gasteiger charge is 2.45. The molecule has 1 fully saturated rings. The number of anilines is 1. The van der Waals surface area contributed by atoms with E-state index in [1.807, 2.05) is 59.5 Å². The van der Waals surface area contributed by atoms with Gasteiger partial charge >= 0.3 is 0 Å². The van der Waals surface area contributed by atoms with Crippen LogP contribution in [0.5, 0.6) is 11.5 Å². The van der Waals surface area contributed by atoms with E-state index in [0.29, 0.717) is 6.42 Å². The molecule has 0 radical (unpaired) electrons. The molecule has 0 aliphatic carbocycles. The highest BCUT2D eigenvalue weighted by molar-refractivity contribution is 9.10. The van der Waals surface area contributed by atoms with Crippen molar-refractivity contribution in [1.82, 2.24) is 0 Å². The zero-order valence-corrected chi connectivity index (χ0v) is 15.5. The molecule has 26 heavy (non-hydrogen) atoms. The van der Waals surface area contributed by atoms with Crippen molar-refractivity contribution in [3.63, 3.8) is 0 Å². The first-order valence-electron chi connectivity index (χ1n) is 8.66. The normalized spacial score (nSPS) is 20.7. The fraction of sp³-hybridized carbons (Fsp3) is 0.136. The first-order chi connectivity index (χ1) is 12.7. The molecule has 2 heterocycles. The molecular formula is C22H16BrNO2. The van der Waals surface area contributed by atoms with Gasteiger partial charge in [0.1, 0.15) is 5.75 Å². The summed E-state index contributed by atoms with van der Waals surface area (Å²) < 4.78 is 7.19. The molecule has 1 saturated heterocycles. The van der Waals surface area contributed by atoms with Gasteiger partial charge in [-0.3, -0.25) is 4.79 Å². The van der Waals surface area contributed by atoms with E-state index in [-0.39, 0.29) is 17.9 Å². The Morgan fingerprint density at radius 3 is 2.54 bits per heavy atom. The van der Waals surface area contributed by atoms with Crippen molar-refractivity contribution in [2.75, 3.05) is 4.90 Å². The average molecular weight is 406 g/mol. The summed E-state index contributed by atoms with van der Waals surface area (Å²) in [5.41, 5.74) is 3.07. The van der Waals surface area contributed by atoms with E-state index in [0.717, 1.165) is 27.2 Å². The molecule has 3 aromatic rings. The summed E-state index contributed by atoms with van der Waals surface area (Å²) in [4.78, 5) is 15.0. The summed E-state index contributed by atoms with van der Waals surface area (Å²) in [7, 11) is 0. The van der Waals surface area contributed by atoms with Crippen LogP contribution in [-0.4, -0.2) is 5.91 Å². The summed E-state index contributed by atoms with van der Waals surface area (Å²) in [5, 5.41) is 0. The number of carbonyl (C=O) groups excluding carboxylic acids is 1. The second kappa shape index (κ2) is 5.99. The highest BCUT2D eigenvalue weighted by atomic mass is 79.9. The van der Waals surface area contributed by atoms with E-state index in [2.05, 4.69) is 34.1 Å². The number of nitrogens with zero attached hydrogens (tertiary/aromatic N) is 1. The monoisotopic (exact) mass is 405 g/mol. The summed E-state index contributed by atoms with van der Waals surface area (Å²) >= 11 is 3.54. The van der Waals surface area contributed by atoms with Crippen molar-refractivity contribution < 1.29 is 9.53 Å². The summed E-state index contributed by atoms with van der Waals surface area (Å²) in [5.74, 6) is 1.75. The molecule has 2 atom stereocenters. The molecule has 0 saturated carbocycles. The SMILES string of the molecule is O=C1C[C@H](c2ccccc2)C2c3ccc(Br)cc3Oc3ccccc3N12. The Morgan fingerprint density at radius 2 is 1.69 bits per heavy atom. The van der Waals surface area contributed by atoms with Gasteiger partial charge in [0.25, 0.3) is 0 Å². The minimum atomic E-state index is -0.0725. The van der Waals surface area contributed by atoms with E-state index < -0.39 is 0 Å². The molecule has 0 N–H and O–H groups in total. The number of hydrogen-bond acceptors (Lipinski definition) is 2. The van der Waals surface area contributed by atoms with Crippen LogP contribution in [0.15, 0.2) is 77.3 Å². The smallest absolute Gasteiger partial charge is 0.228 e. The maximum absolute atomic E-state index is 13.0. The lowest BCUT2D eigenvalue weighted by atomic mass is 9.87. The van der Waals surface area contributed by atoms with Gasteiger partial charge in [0, 0.05) is 22.4 Å². The van der Waals surface area contributed by atoms with Crippen LogP contribution in [0.1, 0.15) is 29.5 Å². The third kappa shape index (κ3) is 2.36. The molecule has 2 aliphatic heterocycles. The summed E-state index contributed by atoms with van der Waals surface area (Å²) in [6, 6.07) is 24.1. The number of para-hydroxylation sites is 2. The number of halogens is 1. The van der Waals surface area contributed by atoms with E-state index in [1.54, 1.807) is 0 Å². The van der Waals surface area contributed by atoms with Crippen LogP contribution < -0.4 is 9.64 Å². The minimum Gasteiger partial charge on any atom is -0.455 e. The Balaban J connectivity index is 1.76. The number of amides is 1. The third-order valence-electron chi connectivity index (χ3n) is 5.19. The van der Waals surface area contributed by atoms with Crippen LogP contribution in [0.25, 0.3) is 0 Å². The molecule has 2 aliphatic rings. The van der Waals surface area contributed by atoms with Gasteiger partial charge in [0.2, 0.25) is 5.91 Å². The average Bonchev–Trinajstić information content (AvgIpc) is 2.92. The predicted octanol–water partition coefficient (Wildman–Crippen LogP) is 5.82. The molecule has 0 bridgehead atoms. The van der Waals surface area contributed by atoms with E-state index in [1.165, 1.54) is 5.56 Å². The zero-order valence-electron chi connectivity index (χ0n) is 13.9. The number of carbonyl (C=O) groups is 1. The first kappa shape index (κ1) is 15.6. The van der Waals surface area contributed by atoms with Gasteiger partial charge in [-0.15, -0.1) is 0 Å². The molecule has 3 aromatic carbocycles. The van der Waals surface area contributed by atoms with E-state index in [9.17, 15) is 4.79 Å². The van der Waals surface area contributed by atoms with E-state index in [4.69, 9.17) is 4.74 Å². The van der Waals surface area contributed by atoms with Crippen molar-refractivity contribution in [2.24, 2.45) is 0 Å². The quantitative estimate of drug-likeness (QED) is 0.510.